The van der Waals surface area contributed by atoms with Gasteiger partial charge in [-0.1, -0.05) is 30.3 Å². The number of furan rings is 1. The van der Waals surface area contributed by atoms with Gasteiger partial charge in [-0.2, -0.15) is 0 Å². The lowest BCUT2D eigenvalue weighted by Crippen LogP contribution is -2.41. The lowest BCUT2D eigenvalue weighted by molar-refractivity contribution is -0.122. The smallest absolute Gasteiger partial charge is 0.305 e. The predicted octanol–water partition coefficient (Wildman–Crippen LogP) is 4.12. The minimum absolute atomic E-state index is 0.189. The highest BCUT2D eigenvalue weighted by Gasteiger charge is 2.17. The van der Waals surface area contributed by atoms with Crippen LogP contribution in [-0.2, 0) is 4.79 Å². The summed E-state index contributed by atoms with van der Waals surface area (Å²) in [6.07, 6.45) is 0.747. The van der Waals surface area contributed by atoms with Gasteiger partial charge in [0.1, 0.15) is 11.3 Å². The first kappa shape index (κ1) is 19.0. The molecule has 2 aromatic carbocycles. The number of fused-ring (bicyclic) bond motifs is 1. The van der Waals surface area contributed by atoms with E-state index in [1.165, 1.54) is 0 Å². The zero-order chi connectivity index (χ0) is 19.2. The normalized spacial score (nSPS) is 10.6. The highest BCUT2D eigenvalue weighted by molar-refractivity contribution is 9.10. The van der Waals surface area contributed by atoms with Crippen molar-refractivity contribution >= 4 is 38.7 Å². The Kier molecular flexibility index (Phi) is 6.13. The topological polar surface area (TPSA) is 80.6 Å². The van der Waals surface area contributed by atoms with Gasteiger partial charge in [0.25, 0.3) is 0 Å². The summed E-state index contributed by atoms with van der Waals surface area (Å²) in [5.74, 6) is 0.134. The van der Waals surface area contributed by atoms with Gasteiger partial charge in [0.15, 0.2) is 5.76 Å². The summed E-state index contributed by atoms with van der Waals surface area (Å²) in [4.78, 5) is 24.1. The van der Waals surface area contributed by atoms with Crippen LogP contribution in [0.5, 0.6) is 5.75 Å². The van der Waals surface area contributed by atoms with Crippen molar-refractivity contribution in [2.75, 3.05) is 6.61 Å². The van der Waals surface area contributed by atoms with E-state index >= 15 is 0 Å². The molecule has 3 rings (SSSR count). The van der Waals surface area contributed by atoms with Crippen LogP contribution in [0.1, 0.15) is 29.0 Å². The Balaban J connectivity index is 1.44. The number of aryl methyl sites for hydroxylation is 1. The molecule has 0 aliphatic heterocycles. The number of hydrazine groups is 1. The van der Waals surface area contributed by atoms with Gasteiger partial charge in [-0.3, -0.25) is 20.4 Å². The number of amides is 2. The number of carbonyl (C=O) groups excluding carboxylic acids is 2. The Morgan fingerprint density at radius 3 is 2.59 bits per heavy atom. The van der Waals surface area contributed by atoms with Crippen molar-refractivity contribution in [2.24, 2.45) is 0 Å². The largest absolute Gasteiger partial charge is 0.492 e. The number of para-hydroxylation sites is 2. The number of ether oxygens (including phenoxy) is 1. The number of carbonyl (C=O) groups is 2. The van der Waals surface area contributed by atoms with Crippen LogP contribution < -0.4 is 15.6 Å². The van der Waals surface area contributed by atoms with E-state index in [4.69, 9.17) is 9.15 Å². The summed E-state index contributed by atoms with van der Waals surface area (Å²) in [7, 11) is 0. The maximum Gasteiger partial charge on any atom is 0.305 e. The second kappa shape index (κ2) is 8.73. The molecule has 1 aromatic heterocycles. The van der Waals surface area contributed by atoms with Crippen LogP contribution >= 0.6 is 15.9 Å². The van der Waals surface area contributed by atoms with E-state index in [1.54, 1.807) is 6.07 Å². The van der Waals surface area contributed by atoms with Crippen molar-refractivity contribution in [2.45, 2.75) is 19.8 Å². The van der Waals surface area contributed by atoms with Gasteiger partial charge in [-0.15, -0.1) is 0 Å². The van der Waals surface area contributed by atoms with Gasteiger partial charge in [-0.25, -0.2) is 0 Å². The fourth-order valence-electron chi connectivity index (χ4n) is 2.61. The van der Waals surface area contributed by atoms with Crippen molar-refractivity contribution in [1.29, 1.82) is 0 Å². The first-order valence-electron chi connectivity index (χ1n) is 8.51. The predicted molar refractivity (Wildman–Crippen MR) is 105 cm³/mol. The van der Waals surface area contributed by atoms with E-state index in [9.17, 15) is 9.59 Å². The number of hydrogen-bond acceptors (Lipinski definition) is 4. The fraction of sp³-hybridized carbons (Fsp3) is 0.200. The molecule has 140 valence electrons. The van der Waals surface area contributed by atoms with Crippen molar-refractivity contribution in [1.82, 2.24) is 10.9 Å². The summed E-state index contributed by atoms with van der Waals surface area (Å²) < 4.78 is 12.0. The molecule has 0 aliphatic rings. The monoisotopic (exact) mass is 430 g/mol. The molecular weight excluding hydrogens is 412 g/mol. The van der Waals surface area contributed by atoms with Crippen LogP contribution in [0, 0.1) is 6.92 Å². The third-order valence-electron chi connectivity index (χ3n) is 4.01. The lowest BCUT2D eigenvalue weighted by Gasteiger charge is -2.08. The molecule has 6 nitrogen and oxygen atoms in total. The fourth-order valence-corrected chi connectivity index (χ4v) is 3.01. The molecule has 0 aliphatic carbocycles. The van der Waals surface area contributed by atoms with Crippen LogP contribution in [0.2, 0.25) is 0 Å². The van der Waals surface area contributed by atoms with E-state index < -0.39 is 5.91 Å². The van der Waals surface area contributed by atoms with Gasteiger partial charge < -0.3 is 9.15 Å². The number of nitrogens with one attached hydrogen (secondary N) is 2. The third-order valence-corrected chi connectivity index (χ3v) is 4.66. The summed E-state index contributed by atoms with van der Waals surface area (Å²) in [5, 5.41) is 0.873. The third kappa shape index (κ3) is 4.68. The molecule has 0 fully saturated rings. The second-order valence-electron chi connectivity index (χ2n) is 5.94. The standard InChI is InChI=1S/C20H19BrN2O4/c1-13-14-7-2-4-9-16(14)27-19(13)20(25)23-22-18(24)11-6-12-26-17-10-5-3-8-15(17)21/h2-5,7-10H,6,11-12H2,1H3,(H,22,24)(H,23,25). The molecule has 1 heterocycles. The van der Waals surface area contributed by atoms with Gasteiger partial charge in [-0.05, 0) is 47.5 Å². The highest BCUT2D eigenvalue weighted by atomic mass is 79.9. The number of rotatable bonds is 6. The maximum absolute atomic E-state index is 12.2. The molecule has 0 bridgehead atoms. The number of halogens is 1. The Labute approximate surface area is 165 Å². The molecule has 27 heavy (non-hydrogen) atoms. The molecular formula is C20H19BrN2O4. The zero-order valence-electron chi connectivity index (χ0n) is 14.8. The summed E-state index contributed by atoms with van der Waals surface area (Å²) >= 11 is 3.40. The summed E-state index contributed by atoms with van der Waals surface area (Å²) in [6.45, 7) is 2.20. The number of hydrogen-bond donors (Lipinski definition) is 2. The Morgan fingerprint density at radius 2 is 1.81 bits per heavy atom. The van der Waals surface area contributed by atoms with Gasteiger partial charge >= 0.3 is 5.91 Å². The van der Waals surface area contributed by atoms with Gasteiger partial charge in [0, 0.05) is 17.4 Å². The Morgan fingerprint density at radius 1 is 1.07 bits per heavy atom. The maximum atomic E-state index is 12.2. The van der Waals surface area contributed by atoms with Crippen LogP contribution in [0.15, 0.2) is 57.4 Å². The van der Waals surface area contributed by atoms with Crippen LogP contribution in [0.3, 0.4) is 0 Å². The zero-order valence-corrected chi connectivity index (χ0v) is 16.3. The van der Waals surface area contributed by atoms with E-state index in [1.807, 2.05) is 49.4 Å². The Hall–Kier alpha value is -2.80. The van der Waals surface area contributed by atoms with Crippen LogP contribution in [0.25, 0.3) is 11.0 Å². The average Bonchev–Trinajstić information content (AvgIpc) is 3.02. The first-order valence-corrected chi connectivity index (χ1v) is 9.30. The molecule has 2 N–H and O–H groups in total. The van der Waals surface area contributed by atoms with E-state index in [0.717, 1.165) is 21.2 Å². The molecule has 3 aromatic rings. The second-order valence-corrected chi connectivity index (χ2v) is 6.79. The van der Waals surface area contributed by atoms with Crippen molar-refractivity contribution < 1.29 is 18.7 Å². The minimum atomic E-state index is -0.485. The lowest BCUT2D eigenvalue weighted by atomic mass is 10.1. The molecule has 0 spiro atoms. The molecule has 0 radical (unpaired) electrons. The molecule has 0 saturated carbocycles. The van der Waals surface area contributed by atoms with Crippen molar-refractivity contribution in [3.8, 4) is 5.75 Å². The molecule has 0 saturated heterocycles. The van der Waals surface area contributed by atoms with Crippen LogP contribution in [0.4, 0.5) is 0 Å². The average molecular weight is 431 g/mol. The molecule has 0 unspecified atom stereocenters. The molecule has 2 amide bonds. The summed E-state index contributed by atoms with van der Waals surface area (Å²) in [5.41, 5.74) is 6.16. The van der Waals surface area contributed by atoms with E-state index in [0.29, 0.717) is 18.6 Å². The SMILES string of the molecule is Cc1c(C(=O)NNC(=O)CCCOc2ccccc2Br)oc2ccccc12. The minimum Gasteiger partial charge on any atom is -0.492 e. The first-order chi connectivity index (χ1) is 13.1. The Bertz CT molecular complexity index is 968. The van der Waals surface area contributed by atoms with Gasteiger partial charge in [0.2, 0.25) is 5.91 Å². The van der Waals surface area contributed by atoms with Crippen molar-refractivity contribution in [3.05, 3.63) is 64.3 Å². The number of benzene rings is 2. The molecule has 7 heteroatoms. The van der Waals surface area contributed by atoms with Crippen LogP contribution in [-0.4, -0.2) is 18.4 Å². The van der Waals surface area contributed by atoms with Gasteiger partial charge in [0.05, 0.1) is 11.1 Å². The molecule has 0 atom stereocenters. The highest BCUT2D eigenvalue weighted by Crippen LogP contribution is 2.25. The summed E-state index contributed by atoms with van der Waals surface area (Å²) in [6, 6.07) is 14.9. The van der Waals surface area contributed by atoms with Crippen molar-refractivity contribution in [3.63, 3.8) is 0 Å². The van der Waals surface area contributed by atoms with E-state index in [-0.39, 0.29) is 18.1 Å². The quantitative estimate of drug-likeness (QED) is 0.455. The van der Waals surface area contributed by atoms with E-state index in [2.05, 4.69) is 26.8 Å².